The number of nitrogens with zero attached hydrogens (tertiary/aromatic N) is 5. The van der Waals surface area contributed by atoms with E-state index >= 15 is 0 Å². The molecule has 124 valence electrons. The molecule has 7 nitrogen and oxygen atoms in total. The molecule has 0 N–H and O–H groups in total. The summed E-state index contributed by atoms with van der Waals surface area (Å²) in [6, 6.07) is 1.92. The molecule has 1 saturated heterocycles. The minimum Gasteiger partial charge on any atom is -0.478 e. The van der Waals surface area contributed by atoms with E-state index < -0.39 is 0 Å². The molecule has 0 aromatic carbocycles. The molecule has 1 aliphatic rings. The summed E-state index contributed by atoms with van der Waals surface area (Å²) in [6.45, 7) is 11.1. The van der Waals surface area contributed by atoms with E-state index in [1.807, 2.05) is 26.8 Å². The van der Waals surface area contributed by atoms with Crippen molar-refractivity contribution in [1.82, 2.24) is 19.9 Å². The van der Waals surface area contributed by atoms with E-state index in [1.165, 1.54) is 6.39 Å². The second kappa shape index (κ2) is 6.95. The van der Waals surface area contributed by atoms with E-state index in [9.17, 15) is 0 Å². The maximum Gasteiger partial charge on any atom is 0.218 e. The topological polar surface area (TPSA) is 67.5 Å². The summed E-state index contributed by atoms with van der Waals surface area (Å²) in [7, 11) is 0. The Labute approximate surface area is 136 Å². The van der Waals surface area contributed by atoms with Crippen LogP contribution in [0.3, 0.4) is 0 Å². The van der Waals surface area contributed by atoms with Gasteiger partial charge in [0, 0.05) is 38.8 Å². The largest absolute Gasteiger partial charge is 0.478 e. The third-order valence-electron chi connectivity index (χ3n) is 4.01. The lowest BCUT2D eigenvalue weighted by Crippen LogP contribution is -2.46. The van der Waals surface area contributed by atoms with Gasteiger partial charge in [-0.1, -0.05) is 0 Å². The van der Waals surface area contributed by atoms with Gasteiger partial charge in [-0.15, -0.1) is 0 Å². The Hall–Kier alpha value is -2.15. The van der Waals surface area contributed by atoms with Gasteiger partial charge in [0.1, 0.15) is 17.4 Å². The maximum absolute atomic E-state index is 5.52. The number of anilines is 1. The first-order valence-corrected chi connectivity index (χ1v) is 8.00. The average Bonchev–Trinajstić information content (AvgIpc) is 2.93. The van der Waals surface area contributed by atoms with Gasteiger partial charge in [0.25, 0.3) is 0 Å². The monoisotopic (exact) mass is 317 g/mol. The molecule has 1 fully saturated rings. The van der Waals surface area contributed by atoms with Crippen molar-refractivity contribution in [3.63, 3.8) is 0 Å². The molecule has 0 atom stereocenters. The van der Waals surface area contributed by atoms with Crippen LogP contribution in [0.4, 0.5) is 5.82 Å². The van der Waals surface area contributed by atoms with Crippen LogP contribution in [0.15, 0.2) is 16.9 Å². The molecular weight excluding hydrogens is 294 g/mol. The van der Waals surface area contributed by atoms with E-state index in [4.69, 9.17) is 9.15 Å². The fraction of sp³-hybridized carbons (Fsp3) is 0.562. The van der Waals surface area contributed by atoms with Crippen molar-refractivity contribution >= 4 is 5.82 Å². The van der Waals surface area contributed by atoms with Crippen LogP contribution in [0.2, 0.25) is 0 Å². The fourth-order valence-electron chi connectivity index (χ4n) is 2.74. The normalized spacial score (nSPS) is 15.9. The van der Waals surface area contributed by atoms with Crippen LogP contribution < -0.4 is 9.64 Å². The van der Waals surface area contributed by atoms with Gasteiger partial charge in [0.05, 0.1) is 12.3 Å². The molecule has 0 saturated carbocycles. The lowest BCUT2D eigenvalue weighted by molar-refractivity contribution is 0.245. The summed E-state index contributed by atoms with van der Waals surface area (Å²) in [5.41, 5.74) is 1.02. The highest BCUT2D eigenvalue weighted by Crippen LogP contribution is 2.20. The highest BCUT2D eigenvalue weighted by atomic mass is 16.5. The quantitative estimate of drug-likeness (QED) is 0.833. The van der Waals surface area contributed by atoms with Gasteiger partial charge in [0.2, 0.25) is 5.88 Å². The van der Waals surface area contributed by atoms with Crippen molar-refractivity contribution in [1.29, 1.82) is 0 Å². The first kappa shape index (κ1) is 15.7. The molecular formula is C16H23N5O2. The molecule has 3 rings (SSSR count). The second-order valence-electron chi connectivity index (χ2n) is 5.66. The van der Waals surface area contributed by atoms with Gasteiger partial charge in [-0.2, -0.15) is 4.98 Å². The SMILES string of the molecule is CCOc1cc(N2CCN(Cc3ncoc3C)CC2)nc(C)n1. The van der Waals surface area contributed by atoms with Crippen molar-refractivity contribution in [3.05, 3.63) is 29.7 Å². The van der Waals surface area contributed by atoms with Crippen molar-refractivity contribution in [3.8, 4) is 5.88 Å². The summed E-state index contributed by atoms with van der Waals surface area (Å²) < 4.78 is 10.8. The van der Waals surface area contributed by atoms with E-state index in [0.29, 0.717) is 12.5 Å². The third kappa shape index (κ3) is 3.79. The Bertz CT molecular complexity index is 650. The highest BCUT2D eigenvalue weighted by Gasteiger charge is 2.20. The summed E-state index contributed by atoms with van der Waals surface area (Å²) in [5.74, 6) is 3.24. The molecule has 0 aliphatic carbocycles. The second-order valence-corrected chi connectivity index (χ2v) is 5.66. The van der Waals surface area contributed by atoms with Crippen molar-refractivity contribution < 1.29 is 9.15 Å². The van der Waals surface area contributed by atoms with Crippen LogP contribution in [-0.4, -0.2) is 52.6 Å². The Balaban J connectivity index is 1.61. The van der Waals surface area contributed by atoms with Crippen LogP contribution in [0, 0.1) is 13.8 Å². The Morgan fingerprint density at radius 1 is 1.17 bits per heavy atom. The van der Waals surface area contributed by atoms with E-state index in [-0.39, 0.29) is 0 Å². The number of aryl methyl sites for hydroxylation is 2. The van der Waals surface area contributed by atoms with E-state index in [1.54, 1.807) is 0 Å². The van der Waals surface area contributed by atoms with E-state index in [2.05, 4.69) is 24.8 Å². The van der Waals surface area contributed by atoms with Crippen LogP contribution in [0.25, 0.3) is 0 Å². The molecule has 0 spiro atoms. The van der Waals surface area contributed by atoms with Crippen molar-refractivity contribution in [2.45, 2.75) is 27.3 Å². The van der Waals surface area contributed by atoms with Gasteiger partial charge in [-0.3, -0.25) is 4.90 Å². The minimum atomic E-state index is 0.612. The lowest BCUT2D eigenvalue weighted by atomic mass is 10.2. The van der Waals surface area contributed by atoms with Crippen LogP contribution in [-0.2, 0) is 6.54 Å². The maximum atomic E-state index is 5.52. The van der Waals surface area contributed by atoms with Crippen molar-refractivity contribution in [2.75, 3.05) is 37.7 Å². The zero-order chi connectivity index (χ0) is 16.2. The number of rotatable bonds is 5. The summed E-state index contributed by atoms with van der Waals surface area (Å²) in [4.78, 5) is 17.8. The number of hydrogen-bond donors (Lipinski definition) is 0. The lowest BCUT2D eigenvalue weighted by Gasteiger charge is -2.35. The van der Waals surface area contributed by atoms with Crippen molar-refractivity contribution in [2.24, 2.45) is 0 Å². The molecule has 2 aromatic heterocycles. The highest BCUT2D eigenvalue weighted by molar-refractivity contribution is 5.42. The Kier molecular flexibility index (Phi) is 4.76. The zero-order valence-corrected chi connectivity index (χ0v) is 13.9. The smallest absolute Gasteiger partial charge is 0.218 e. The van der Waals surface area contributed by atoms with Gasteiger partial charge in [0.15, 0.2) is 6.39 Å². The average molecular weight is 317 g/mol. The first-order valence-electron chi connectivity index (χ1n) is 8.00. The van der Waals surface area contributed by atoms with Gasteiger partial charge < -0.3 is 14.1 Å². The van der Waals surface area contributed by atoms with Crippen LogP contribution in [0.5, 0.6) is 5.88 Å². The molecule has 1 aliphatic heterocycles. The number of ether oxygens (including phenoxy) is 1. The molecule has 0 radical (unpaired) electrons. The minimum absolute atomic E-state index is 0.612. The number of oxazole rings is 1. The number of hydrogen-bond acceptors (Lipinski definition) is 7. The molecule has 3 heterocycles. The van der Waals surface area contributed by atoms with Gasteiger partial charge in [-0.25, -0.2) is 9.97 Å². The molecule has 2 aromatic rings. The summed E-state index contributed by atoms with van der Waals surface area (Å²) >= 11 is 0. The van der Waals surface area contributed by atoms with Crippen LogP contribution in [0.1, 0.15) is 24.2 Å². The van der Waals surface area contributed by atoms with E-state index in [0.717, 1.165) is 55.8 Å². The Morgan fingerprint density at radius 2 is 1.96 bits per heavy atom. The Morgan fingerprint density at radius 3 is 2.61 bits per heavy atom. The summed E-state index contributed by atoms with van der Waals surface area (Å²) in [6.07, 6.45) is 1.51. The molecule has 7 heteroatoms. The van der Waals surface area contributed by atoms with Gasteiger partial charge in [-0.05, 0) is 20.8 Å². The standard InChI is InChI=1S/C16H23N5O2/c1-4-22-16-9-15(18-13(3)19-16)21-7-5-20(6-8-21)10-14-12(2)23-11-17-14/h9,11H,4-8,10H2,1-3H3. The molecule has 0 unspecified atom stereocenters. The molecule has 23 heavy (non-hydrogen) atoms. The molecule has 0 amide bonds. The first-order chi connectivity index (χ1) is 11.2. The predicted octanol–water partition coefficient (Wildman–Crippen LogP) is 1.80. The predicted molar refractivity (Wildman–Crippen MR) is 86.7 cm³/mol. The third-order valence-corrected chi connectivity index (χ3v) is 4.01. The van der Waals surface area contributed by atoms with Gasteiger partial charge >= 0.3 is 0 Å². The zero-order valence-electron chi connectivity index (χ0n) is 13.9. The fourth-order valence-corrected chi connectivity index (χ4v) is 2.74. The molecule has 0 bridgehead atoms. The number of aromatic nitrogens is 3. The summed E-state index contributed by atoms with van der Waals surface area (Å²) in [5, 5.41) is 0. The number of piperazine rings is 1. The van der Waals surface area contributed by atoms with Crippen LogP contribution >= 0.6 is 0 Å².